The lowest BCUT2D eigenvalue weighted by atomic mass is 10.1. The molecule has 2 aromatic rings. The quantitative estimate of drug-likeness (QED) is 0.366. The molecule has 4 rings (SSSR count). The third-order valence-electron chi connectivity index (χ3n) is 6.28. The topological polar surface area (TPSA) is 157 Å². The van der Waals surface area contributed by atoms with Gasteiger partial charge in [-0.1, -0.05) is 29.8 Å². The van der Waals surface area contributed by atoms with Gasteiger partial charge in [0.1, 0.15) is 6.17 Å². The van der Waals surface area contributed by atoms with Gasteiger partial charge < -0.3 is 31.3 Å². The van der Waals surface area contributed by atoms with Gasteiger partial charge in [-0.3, -0.25) is 14.6 Å². The number of anilines is 1. The zero-order valence-corrected chi connectivity index (χ0v) is 21.6. The fourth-order valence-electron chi connectivity index (χ4n) is 4.34. The first kappa shape index (κ1) is 26.7. The van der Waals surface area contributed by atoms with Gasteiger partial charge in [-0.15, -0.1) is 0 Å². The van der Waals surface area contributed by atoms with E-state index in [1.54, 1.807) is 18.2 Å². The van der Waals surface area contributed by atoms with Crippen LogP contribution in [0.15, 0.2) is 58.4 Å². The average Bonchev–Trinajstić information content (AvgIpc) is 2.89. The van der Waals surface area contributed by atoms with E-state index in [-0.39, 0.29) is 10.5 Å². The summed E-state index contributed by atoms with van der Waals surface area (Å²) < 4.78 is 25.8. The molecule has 2 heterocycles. The number of aliphatic carboxylic acids is 1. The van der Waals surface area contributed by atoms with Crippen LogP contribution in [0, 0.1) is 0 Å². The van der Waals surface area contributed by atoms with Gasteiger partial charge in [0.15, 0.2) is 21.0 Å². The Kier molecular flexibility index (Phi) is 8.20. The van der Waals surface area contributed by atoms with Gasteiger partial charge in [-0.05, 0) is 36.8 Å². The number of aliphatic imine (C=N–C) groups is 1. The van der Waals surface area contributed by atoms with Gasteiger partial charge in [0.2, 0.25) is 0 Å². The first-order valence-corrected chi connectivity index (χ1v) is 13.8. The number of rotatable bonds is 7. The number of piperazine rings is 1. The summed E-state index contributed by atoms with van der Waals surface area (Å²) in [6.45, 7) is 4.72. The third-order valence-corrected chi connectivity index (χ3v) is 8.68. The first-order chi connectivity index (χ1) is 17.7. The third kappa shape index (κ3) is 5.97. The van der Waals surface area contributed by atoms with Gasteiger partial charge in [-0.25, -0.2) is 8.42 Å². The predicted molar refractivity (Wildman–Crippen MR) is 141 cm³/mol. The highest BCUT2D eigenvalue weighted by atomic mass is 35.5. The minimum atomic E-state index is -4.36. The van der Waals surface area contributed by atoms with Crippen LogP contribution in [0.1, 0.15) is 16.8 Å². The second-order valence-electron chi connectivity index (χ2n) is 8.74. The number of benzene rings is 2. The molecule has 0 aromatic heterocycles. The summed E-state index contributed by atoms with van der Waals surface area (Å²) >= 11 is 6.50. The lowest BCUT2D eigenvalue weighted by Crippen LogP contribution is -2.55. The number of carboxylic acids is 1. The highest BCUT2D eigenvalue weighted by Crippen LogP contribution is 2.28. The van der Waals surface area contributed by atoms with Crippen molar-refractivity contribution < 1.29 is 23.1 Å². The fourth-order valence-corrected chi connectivity index (χ4v) is 6.19. The van der Waals surface area contributed by atoms with Crippen LogP contribution >= 0.6 is 11.6 Å². The molecule has 1 amide bonds. The molecule has 2 aliphatic heterocycles. The molecule has 2 atom stereocenters. The van der Waals surface area contributed by atoms with Gasteiger partial charge in [0.05, 0.1) is 15.6 Å². The Morgan fingerprint density at radius 3 is 2.35 bits per heavy atom. The molecule has 0 bridgehead atoms. The lowest BCUT2D eigenvalue weighted by molar-refractivity contribution is -0.137. The first-order valence-electron chi connectivity index (χ1n) is 11.8. The van der Waals surface area contributed by atoms with Crippen molar-refractivity contribution in [2.75, 3.05) is 44.2 Å². The second kappa shape index (κ2) is 11.4. The molecule has 0 spiro atoms. The van der Waals surface area contributed by atoms with Crippen LogP contribution in [0.2, 0.25) is 5.02 Å². The van der Waals surface area contributed by atoms with E-state index in [1.165, 1.54) is 30.3 Å². The zero-order valence-electron chi connectivity index (χ0n) is 20.0. The largest absolute Gasteiger partial charge is 0.480 e. The van der Waals surface area contributed by atoms with Crippen molar-refractivity contribution in [2.45, 2.75) is 22.7 Å². The van der Waals surface area contributed by atoms with Crippen LogP contribution in [0.25, 0.3) is 0 Å². The summed E-state index contributed by atoms with van der Waals surface area (Å²) in [5.74, 6) is -1.48. The average molecular weight is 549 g/mol. The molecule has 0 radical (unpaired) electrons. The monoisotopic (exact) mass is 548 g/mol. The molecule has 2 aliphatic rings. The number of guanidine groups is 1. The van der Waals surface area contributed by atoms with E-state index in [2.05, 4.69) is 25.4 Å². The van der Waals surface area contributed by atoms with Crippen LogP contribution in [-0.4, -0.2) is 86.9 Å². The smallest absolute Gasteiger partial charge is 0.325 e. The molecule has 1 unspecified atom stereocenters. The number of amides is 1. The summed E-state index contributed by atoms with van der Waals surface area (Å²) in [6, 6.07) is 11.8. The molecule has 0 aliphatic carbocycles. The standard InChI is InChI=1S/C24H29ClN6O5S/c25-18-15-16(7-8-19(18)30-11-13-31(14-12-30)24-27-9-4-10-28-24)22(32)29-21(26)20(23(33)34)37(35,36)17-5-2-1-3-6-17/h1-3,5-8,15,20-21H,4,9-14,26H2,(H,27,28)(H,29,32)(H,33,34)/t20-,21?/m0/s1. The number of carbonyl (C=O) groups is 2. The molecule has 13 heteroatoms. The number of nitrogens with zero attached hydrogens (tertiary/aromatic N) is 3. The van der Waals surface area contributed by atoms with E-state index in [1.807, 2.05) is 0 Å². The normalized spacial score (nSPS) is 17.8. The molecule has 5 N–H and O–H groups in total. The predicted octanol–water partition coefficient (Wildman–Crippen LogP) is 0.753. The molecule has 1 fully saturated rings. The van der Waals surface area contributed by atoms with Crippen LogP contribution in [0.5, 0.6) is 0 Å². The number of carbonyl (C=O) groups excluding carboxylic acids is 1. The maximum absolute atomic E-state index is 12.9. The number of hydrogen-bond acceptors (Lipinski definition) is 9. The van der Waals surface area contributed by atoms with E-state index >= 15 is 0 Å². The Hall–Kier alpha value is -3.35. The summed E-state index contributed by atoms with van der Waals surface area (Å²) in [4.78, 5) is 33.3. The molecule has 11 nitrogen and oxygen atoms in total. The summed E-state index contributed by atoms with van der Waals surface area (Å²) in [7, 11) is -4.36. The molecular weight excluding hydrogens is 520 g/mol. The Balaban J connectivity index is 1.42. The molecule has 2 aromatic carbocycles. The van der Waals surface area contributed by atoms with Gasteiger partial charge in [-0.2, -0.15) is 0 Å². The Morgan fingerprint density at radius 1 is 1.08 bits per heavy atom. The number of carboxylic acid groups (broad SMARTS) is 1. The van der Waals surface area contributed by atoms with Crippen molar-refractivity contribution in [3.63, 3.8) is 0 Å². The van der Waals surface area contributed by atoms with Gasteiger partial charge in [0.25, 0.3) is 5.91 Å². The number of halogens is 1. The lowest BCUT2D eigenvalue weighted by Gasteiger charge is -2.38. The van der Waals surface area contributed by atoms with Crippen molar-refractivity contribution in [1.29, 1.82) is 0 Å². The van der Waals surface area contributed by atoms with E-state index in [0.29, 0.717) is 18.1 Å². The zero-order chi connectivity index (χ0) is 26.6. The van der Waals surface area contributed by atoms with Gasteiger partial charge >= 0.3 is 5.97 Å². The van der Waals surface area contributed by atoms with E-state index in [4.69, 9.17) is 17.3 Å². The van der Waals surface area contributed by atoms with Crippen molar-refractivity contribution >= 4 is 45.0 Å². The highest BCUT2D eigenvalue weighted by molar-refractivity contribution is 7.92. The van der Waals surface area contributed by atoms with Crippen LogP contribution < -0.4 is 21.3 Å². The number of sulfone groups is 1. The number of nitrogens with one attached hydrogen (secondary N) is 2. The summed E-state index contributed by atoms with van der Waals surface area (Å²) in [5, 5.41) is 13.5. The Morgan fingerprint density at radius 2 is 1.76 bits per heavy atom. The summed E-state index contributed by atoms with van der Waals surface area (Å²) in [6.07, 6.45) is -0.665. The maximum Gasteiger partial charge on any atom is 0.325 e. The molecule has 198 valence electrons. The van der Waals surface area contributed by atoms with Crippen LogP contribution in [0.4, 0.5) is 5.69 Å². The minimum Gasteiger partial charge on any atom is -0.480 e. The summed E-state index contributed by atoms with van der Waals surface area (Å²) in [5.41, 5.74) is 6.78. The van der Waals surface area contributed by atoms with Crippen molar-refractivity contribution in [3.05, 3.63) is 59.1 Å². The van der Waals surface area contributed by atoms with Crippen LogP contribution in [0.3, 0.4) is 0 Å². The van der Waals surface area contributed by atoms with Crippen LogP contribution in [-0.2, 0) is 14.6 Å². The van der Waals surface area contributed by atoms with Crippen molar-refractivity contribution in [2.24, 2.45) is 10.7 Å². The van der Waals surface area contributed by atoms with E-state index in [9.17, 15) is 23.1 Å². The van der Waals surface area contributed by atoms with E-state index < -0.39 is 33.1 Å². The minimum absolute atomic E-state index is 0.129. The Bertz CT molecular complexity index is 1280. The fraction of sp³-hybridized carbons (Fsp3) is 0.375. The SMILES string of the molecule is NC(NC(=O)c1ccc(N2CCN(C3=NCCCN3)CC2)c(Cl)c1)[C@@H](C(=O)O)S(=O)(=O)c1ccccc1. The van der Waals surface area contributed by atoms with Gasteiger partial charge in [0, 0.05) is 44.8 Å². The Labute approximate surface area is 220 Å². The molecule has 1 saturated heterocycles. The number of hydrogen-bond donors (Lipinski definition) is 4. The van der Waals surface area contributed by atoms with Crippen molar-refractivity contribution in [1.82, 2.24) is 15.5 Å². The van der Waals surface area contributed by atoms with Crippen molar-refractivity contribution in [3.8, 4) is 0 Å². The molecular formula is C24H29ClN6O5S. The second-order valence-corrected chi connectivity index (χ2v) is 11.2. The highest BCUT2D eigenvalue weighted by Gasteiger charge is 2.40. The number of nitrogens with two attached hydrogens (primary N) is 1. The van der Waals surface area contributed by atoms with E-state index in [0.717, 1.165) is 44.2 Å². The molecule has 37 heavy (non-hydrogen) atoms. The molecule has 0 saturated carbocycles. The maximum atomic E-state index is 12.9.